The number of benzene rings is 2. The van der Waals surface area contributed by atoms with Crippen LogP contribution in [0.2, 0.25) is 0 Å². The van der Waals surface area contributed by atoms with Crippen molar-refractivity contribution in [3.63, 3.8) is 0 Å². The van der Waals surface area contributed by atoms with E-state index in [0.717, 1.165) is 31.2 Å². The predicted molar refractivity (Wildman–Crippen MR) is 137 cm³/mol. The molecule has 1 saturated carbocycles. The zero-order chi connectivity index (χ0) is 26.4. The molecule has 1 atom stereocenters. The molecule has 1 N–H and O–H groups in total. The standard InChI is InChI=1S/C29H34FN3O4/c1-2-25(27(35)31-22-9-4-3-5-10-22)33(19-20-14-16-21(30)17-15-20)26(34)13-8-18-32-28(36)23-11-6-7-12-24(23)29(32)37/h6-7,11-12,14-17,22,25H,2-5,8-10,13,18-19H2,1H3,(H,31,35)/t25-/m0/s1. The van der Waals surface area contributed by atoms with Gasteiger partial charge in [0, 0.05) is 25.6 Å². The molecule has 8 heteroatoms. The molecule has 0 bridgehead atoms. The molecule has 4 rings (SSSR count). The highest BCUT2D eigenvalue weighted by Crippen LogP contribution is 2.23. The van der Waals surface area contributed by atoms with Gasteiger partial charge in [0.15, 0.2) is 0 Å². The Morgan fingerprint density at radius 2 is 1.62 bits per heavy atom. The van der Waals surface area contributed by atoms with Crippen molar-refractivity contribution in [1.29, 1.82) is 0 Å². The Kier molecular flexibility index (Phi) is 8.69. The summed E-state index contributed by atoms with van der Waals surface area (Å²) in [6.07, 6.45) is 6.00. The Labute approximate surface area is 217 Å². The molecular weight excluding hydrogens is 473 g/mol. The zero-order valence-electron chi connectivity index (χ0n) is 21.2. The van der Waals surface area contributed by atoms with Crippen LogP contribution in [0.3, 0.4) is 0 Å². The van der Waals surface area contributed by atoms with Crippen LogP contribution < -0.4 is 5.32 Å². The summed E-state index contributed by atoms with van der Waals surface area (Å²) in [7, 11) is 0. The molecule has 37 heavy (non-hydrogen) atoms. The fraction of sp³-hybridized carbons (Fsp3) is 0.448. The highest BCUT2D eigenvalue weighted by atomic mass is 19.1. The number of hydrogen-bond donors (Lipinski definition) is 1. The number of nitrogens with one attached hydrogen (secondary N) is 1. The van der Waals surface area contributed by atoms with Gasteiger partial charge in [0.05, 0.1) is 11.1 Å². The second-order valence-corrected chi connectivity index (χ2v) is 9.83. The molecule has 1 fully saturated rings. The molecule has 0 spiro atoms. The average Bonchev–Trinajstić information content (AvgIpc) is 3.15. The fourth-order valence-electron chi connectivity index (χ4n) is 5.22. The molecule has 1 aliphatic carbocycles. The number of amides is 4. The first kappa shape index (κ1) is 26.5. The van der Waals surface area contributed by atoms with Gasteiger partial charge in [0.1, 0.15) is 11.9 Å². The van der Waals surface area contributed by atoms with Crippen molar-refractivity contribution in [1.82, 2.24) is 15.1 Å². The Morgan fingerprint density at radius 1 is 1.00 bits per heavy atom. The van der Waals surface area contributed by atoms with Crippen LogP contribution in [0.5, 0.6) is 0 Å². The smallest absolute Gasteiger partial charge is 0.261 e. The topological polar surface area (TPSA) is 86.8 Å². The van der Waals surface area contributed by atoms with E-state index in [4.69, 9.17) is 0 Å². The summed E-state index contributed by atoms with van der Waals surface area (Å²) < 4.78 is 13.5. The lowest BCUT2D eigenvalue weighted by Crippen LogP contribution is -2.51. The second-order valence-electron chi connectivity index (χ2n) is 9.83. The lowest BCUT2D eigenvalue weighted by molar-refractivity contribution is -0.142. The summed E-state index contributed by atoms with van der Waals surface area (Å²) in [5, 5.41) is 3.13. The third-order valence-corrected chi connectivity index (χ3v) is 7.25. The van der Waals surface area contributed by atoms with Gasteiger partial charge < -0.3 is 10.2 Å². The molecular formula is C29H34FN3O4. The van der Waals surface area contributed by atoms with E-state index in [1.165, 1.54) is 23.5 Å². The Morgan fingerprint density at radius 3 is 2.22 bits per heavy atom. The minimum absolute atomic E-state index is 0.0712. The van der Waals surface area contributed by atoms with Crippen LogP contribution in [0.4, 0.5) is 4.39 Å². The maximum Gasteiger partial charge on any atom is 0.261 e. The van der Waals surface area contributed by atoms with E-state index in [0.29, 0.717) is 17.5 Å². The summed E-state index contributed by atoms with van der Waals surface area (Å²) >= 11 is 0. The highest BCUT2D eigenvalue weighted by Gasteiger charge is 2.35. The summed E-state index contributed by atoms with van der Waals surface area (Å²) in [4.78, 5) is 54.7. The minimum Gasteiger partial charge on any atom is -0.352 e. The van der Waals surface area contributed by atoms with E-state index in [9.17, 15) is 23.6 Å². The average molecular weight is 508 g/mol. The highest BCUT2D eigenvalue weighted by molar-refractivity contribution is 6.21. The van der Waals surface area contributed by atoms with E-state index in [-0.39, 0.29) is 61.4 Å². The van der Waals surface area contributed by atoms with Gasteiger partial charge in [0.25, 0.3) is 11.8 Å². The summed E-state index contributed by atoms with van der Waals surface area (Å²) in [6.45, 7) is 2.16. The van der Waals surface area contributed by atoms with E-state index >= 15 is 0 Å². The summed E-state index contributed by atoms with van der Waals surface area (Å²) in [5.74, 6) is -1.49. The second kappa shape index (κ2) is 12.1. The van der Waals surface area contributed by atoms with Crippen LogP contribution in [-0.4, -0.2) is 52.1 Å². The number of halogens is 1. The van der Waals surface area contributed by atoms with E-state index < -0.39 is 6.04 Å². The summed E-state index contributed by atoms with van der Waals surface area (Å²) in [5.41, 5.74) is 1.48. The van der Waals surface area contributed by atoms with Crippen molar-refractivity contribution in [3.8, 4) is 0 Å². The van der Waals surface area contributed by atoms with Crippen molar-refractivity contribution in [2.24, 2.45) is 0 Å². The molecule has 2 aromatic rings. The lowest BCUT2D eigenvalue weighted by atomic mass is 9.95. The van der Waals surface area contributed by atoms with Gasteiger partial charge >= 0.3 is 0 Å². The number of carbonyl (C=O) groups excluding carboxylic acids is 4. The number of rotatable bonds is 10. The first-order valence-corrected chi connectivity index (χ1v) is 13.2. The van der Waals surface area contributed by atoms with Crippen molar-refractivity contribution < 1.29 is 23.6 Å². The van der Waals surface area contributed by atoms with Crippen LogP contribution in [0.1, 0.15) is 84.6 Å². The number of hydrogen-bond acceptors (Lipinski definition) is 4. The normalized spacial score (nSPS) is 16.4. The van der Waals surface area contributed by atoms with Gasteiger partial charge in [-0.25, -0.2) is 4.39 Å². The molecule has 1 heterocycles. The Balaban J connectivity index is 1.43. The van der Waals surface area contributed by atoms with E-state index in [2.05, 4.69) is 5.32 Å². The molecule has 4 amide bonds. The number of fused-ring (bicyclic) bond motifs is 1. The molecule has 2 aromatic carbocycles. The van der Waals surface area contributed by atoms with Gasteiger partial charge in [-0.05, 0) is 55.5 Å². The van der Waals surface area contributed by atoms with Crippen molar-refractivity contribution in [2.75, 3.05) is 6.54 Å². The number of carbonyl (C=O) groups is 4. The fourth-order valence-corrected chi connectivity index (χ4v) is 5.22. The van der Waals surface area contributed by atoms with Crippen LogP contribution in [0.25, 0.3) is 0 Å². The minimum atomic E-state index is -0.668. The third kappa shape index (κ3) is 6.24. The Bertz CT molecular complexity index is 1110. The van der Waals surface area contributed by atoms with Crippen molar-refractivity contribution >= 4 is 23.6 Å². The Hall–Kier alpha value is -3.55. The molecule has 0 radical (unpaired) electrons. The van der Waals surface area contributed by atoms with Crippen LogP contribution in [-0.2, 0) is 16.1 Å². The summed E-state index contributed by atoms with van der Waals surface area (Å²) in [6, 6.07) is 12.0. The maximum absolute atomic E-state index is 13.5. The zero-order valence-corrected chi connectivity index (χ0v) is 21.2. The number of imide groups is 1. The van der Waals surface area contributed by atoms with Crippen LogP contribution in [0, 0.1) is 5.82 Å². The first-order chi connectivity index (χ1) is 17.9. The van der Waals surface area contributed by atoms with Gasteiger partial charge in [-0.3, -0.25) is 24.1 Å². The first-order valence-electron chi connectivity index (χ1n) is 13.2. The van der Waals surface area contributed by atoms with Crippen LogP contribution >= 0.6 is 0 Å². The maximum atomic E-state index is 13.5. The van der Waals surface area contributed by atoms with Gasteiger partial charge in [-0.1, -0.05) is 50.5 Å². The molecule has 0 saturated heterocycles. The quantitative estimate of drug-likeness (QED) is 0.481. The number of nitrogens with zero attached hydrogens (tertiary/aromatic N) is 2. The third-order valence-electron chi connectivity index (χ3n) is 7.25. The van der Waals surface area contributed by atoms with Crippen molar-refractivity contribution in [3.05, 3.63) is 71.0 Å². The molecule has 0 unspecified atom stereocenters. The van der Waals surface area contributed by atoms with E-state index in [1.54, 1.807) is 41.3 Å². The molecule has 196 valence electrons. The van der Waals surface area contributed by atoms with Gasteiger partial charge in [0.2, 0.25) is 11.8 Å². The largest absolute Gasteiger partial charge is 0.352 e. The van der Waals surface area contributed by atoms with E-state index in [1.807, 2.05) is 6.92 Å². The molecule has 1 aliphatic heterocycles. The van der Waals surface area contributed by atoms with Crippen LogP contribution in [0.15, 0.2) is 48.5 Å². The molecule has 2 aliphatic rings. The van der Waals surface area contributed by atoms with Crippen molar-refractivity contribution in [2.45, 2.75) is 76.9 Å². The monoisotopic (exact) mass is 507 g/mol. The lowest BCUT2D eigenvalue weighted by Gasteiger charge is -2.33. The molecule has 7 nitrogen and oxygen atoms in total. The molecule has 0 aromatic heterocycles. The SMILES string of the molecule is CC[C@@H](C(=O)NC1CCCCC1)N(Cc1ccc(F)cc1)C(=O)CCCN1C(=O)c2ccccc2C1=O. The predicted octanol–water partition coefficient (Wildman–Crippen LogP) is 4.46. The van der Waals surface area contributed by atoms with Gasteiger partial charge in [-0.15, -0.1) is 0 Å². The van der Waals surface area contributed by atoms with Gasteiger partial charge in [-0.2, -0.15) is 0 Å².